The van der Waals surface area contributed by atoms with E-state index in [1.165, 1.54) is 17.8 Å². The van der Waals surface area contributed by atoms with Crippen LogP contribution in [0.2, 0.25) is 0 Å². The van der Waals surface area contributed by atoms with Crippen molar-refractivity contribution in [3.05, 3.63) is 29.8 Å². The van der Waals surface area contributed by atoms with E-state index in [2.05, 4.69) is 6.92 Å². The van der Waals surface area contributed by atoms with E-state index < -0.39 is 16.6 Å². The summed E-state index contributed by atoms with van der Waals surface area (Å²) in [5.74, 6) is 0.267. The van der Waals surface area contributed by atoms with Crippen LogP contribution < -0.4 is 4.90 Å². The summed E-state index contributed by atoms with van der Waals surface area (Å²) in [6.07, 6.45) is 0.447. The Hall–Kier alpha value is -1.70. The highest BCUT2D eigenvalue weighted by Crippen LogP contribution is 2.47. The van der Waals surface area contributed by atoms with E-state index in [1.807, 2.05) is 11.8 Å². The van der Waals surface area contributed by atoms with Gasteiger partial charge < -0.3 is 4.90 Å². The molecular formula is C22H29F3N2O2S. The first-order chi connectivity index (χ1) is 14.2. The molecule has 30 heavy (non-hydrogen) atoms. The lowest BCUT2D eigenvalue weighted by molar-refractivity contribution is -0.138. The summed E-state index contributed by atoms with van der Waals surface area (Å²) in [4.78, 5) is 28.4. The van der Waals surface area contributed by atoms with Crippen LogP contribution in [-0.4, -0.2) is 40.4 Å². The SMILES string of the molecule is CCCC[C@@H](CC)C(=O)N1CCC2(CC1)SCC(=O)N2c1cccc(C(F)(F)F)c1. The Kier molecular flexibility index (Phi) is 7.05. The lowest BCUT2D eigenvalue weighted by Crippen LogP contribution is -2.54. The van der Waals surface area contributed by atoms with Gasteiger partial charge in [-0.2, -0.15) is 13.2 Å². The van der Waals surface area contributed by atoms with Crippen LogP contribution in [0.1, 0.15) is 57.9 Å². The van der Waals surface area contributed by atoms with Crippen molar-refractivity contribution >= 4 is 29.3 Å². The van der Waals surface area contributed by atoms with E-state index in [9.17, 15) is 22.8 Å². The summed E-state index contributed by atoms with van der Waals surface area (Å²) < 4.78 is 39.5. The molecule has 3 rings (SSSR count). The fourth-order valence-electron chi connectivity index (χ4n) is 4.41. The highest BCUT2D eigenvalue weighted by atomic mass is 32.2. The predicted molar refractivity (Wildman–Crippen MR) is 113 cm³/mol. The number of anilines is 1. The van der Waals surface area contributed by atoms with E-state index in [-0.39, 0.29) is 29.2 Å². The van der Waals surface area contributed by atoms with Gasteiger partial charge in [-0.15, -0.1) is 11.8 Å². The molecule has 2 saturated heterocycles. The van der Waals surface area contributed by atoms with E-state index in [1.54, 1.807) is 11.0 Å². The van der Waals surface area contributed by atoms with Crippen LogP contribution >= 0.6 is 11.8 Å². The number of likely N-dealkylation sites (tertiary alicyclic amines) is 1. The number of carbonyl (C=O) groups excluding carboxylic acids is 2. The van der Waals surface area contributed by atoms with Gasteiger partial charge in [-0.25, -0.2) is 0 Å². The highest BCUT2D eigenvalue weighted by molar-refractivity contribution is 8.02. The van der Waals surface area contributed by atoms with Gasteiger partial charge in [0.05, 0.1) is 16.2 Å². The molecule has 2 fully saturated rings. The molecule has 166 valence electrons. The Morgan fingerprint density at radius 1 is 1.23 bits per heavy atom. The van der Waals surface area contributed by atoms with E-state index in [0.29, 0.717) is 25.9 Å². The molecule has 2 heterocycles. The number of carbonyl (C=O) groups is 2. The molecule has 0 aromatic heterocycles. The number of halogens is 3. The van der Waals surface area contributed by atoms with Gasteiger partial charge in [0.2, 0.25) is 11.8 Å². The molecule has 0 radical (unpaired) electrons. The molecule has 0 aliphatic carbocycles. The van der Waals surface area contributed by atoms with Gasteiger partial charge in [-0.05, 0) is 43.9 Å². The van der Waals surface area contributed by atoms with Crippen LogP contribution in [0.15, 0.2) is 24.3 Å². The number of amides is 2. The van der Waals surface area contributed by atoms with Gasteiger partial charge in [0, 0.05) is 24.7 Å². The maximum absolute atomic E-state index is 13.2. The Morgan fingerprint density at radius 2 is 1.93 bits per heavy atom. The number of benzene rings is 1. The number of rotatable bonds is 6. The van der Waals surface area contributed by atoms with Crippen LogP contribution in [-0.2, 0) is 15.8 Å². The zero-order valence-electron chi connectivity index (χ0n) is 17.5. The molecule has 1 atom stereocenters. The smallest absolute Gasteiger partial charge is 0.342 e. The van der Waals surface area contributed by atoms with Crippen molar-refractivity contribution in [1.82, 2.24) is 4.90 Å². The van der Waals surface area contributed by atoms with Gasteiger partial charge in [0.25, 0.3) is 0 Å². The molecule has 0 unspecified atom stereocenters. The Bertz CT molecular complexity index is 776. The Morgan fingerprint density at radius 3 is 2.53 bits per heavy atom. The molecule has 0 saturated carbocycles. The summed E-state index contributed by atoms with van der Waals surface area (Å²) in [7, 11) is 0. The summed E-state index contributed by atoms with van der Waals surface area (Å²) in [5, 5.41) is 0. The fraction of sp³-hybridized carbons (Fsp3) is 0.636. The minimum absolute atomic E-state index is 0.0245. The van der Waals surface area contributed by atoms with Gasteiger partial charge in [-0.1, -0.05) is 32.8 Å². The van der Waals surface area contributed by atoms with Crippen molar-refractivity contribution < 1.29 is 22.8 Å². The summed E-state index contributed by atoms with van der Waals surface area (Å²) in [5.41, 5.74) is -0.469. The second kappa shape index (κ2) is 9.20. The van der Waals surface area contributed by atoms with Crippen molar-refractivity contribution in [2.24, 2.45) is 5.92 Å². The molecule has 1 spiro atoms. The number of hydrogen-bond acceptors (Lipinski definition) is 3. The highest BCUT2D eigenvalue weighted by Gasteiger charge is 2.49. The van der Waals surface area contributed by atoms with Crippen molar-refractivity contribution in [3.8, 4) is 0 Å². The Balaban J connectivity index is 1.76. The average molecular weight is 443 g/mol. The molecule has 4 nitrogen and oxygen atoms in total. The number of thioether (sulfide) groups is 1. The third-order valence-corrected chi connectivity index (χ3v) is 7.68. The molecule has 0 bridgehead atoms. The van der Waals surface area contributed by atoms with Crippen LogP contribution in [0.5, 0.6) is 0 Å². The molecule has 2 amide bonds. The standard InChI is InChI=1S/C22H29F3N2O2S/c1-3-5-7-16(4-2)20(29)26-12-10-21(11-13-26)27(19(28)15-30-21)18-9-6-8-17(14-18)22(23,24)25/h6,8-9,14,16H,3-5,7,10-13,15H2,1-2H3/t16-/m1/s1. The third kappa shape index (κ3) is 4.63. The molecule has 0 N–H and O–H groups in total. The first kappa shape index (κ1) is 23.0. The second-order valence-electron chi connectivity index (χ2n) is 8.08. The number of hydrogen-bond donors (Lipinski definition) is 0. The minimum Gasteiger partial charge on any atom is -0.342 e. The van der Waals surface area contributed by atoms with E-state index in [0.717, 1.165) is 37.8 Å². The number of nitrogens with zero attached hydrogens (tertiary/aromatic N) is 2. The van der Waals surface area contributed by atoms with Crippen molar-refractivity contribution in [2.75, 3.05) is 23.7 Å². The number of piperidine rings is 1. The van der Waals surface area contributed by atoms with Crippen molar-refractivity contribution in [1.29, 1.82) is 0 Å². The quantitative estimate of drug-likeness (QED) is 0.599. The molecular weight excluding hydrogens is 413 g/mol. The zero-order chi connectivity index (χ0) is 21.9. The van der Waals surface area contributed by atoms with Crippen LogP contribution in [0.4, 0.5) is 18.9 Å². The third-order valence-electron chi connectivity index (χ3n) is 6.16. The normalized spacial score (nSPS) is 20.1. The summed E-state index contributed by atoms with van der Waals surface area (Å²) >= 11 is 1.49. The van der Waals surface area contributed by atoms with Crippen molar-refractivity contribution in [2.45, 2.75) is 63.4 Å². The predicted octanol–water partition coefficient (Wildman–Crippen LogP) is 5.32. The first-order valence-corrected chi connectivity index (χ1v) is 11.6. The zero-order valence-corrected chi connectivity index (χ0v) is 18.3. The first-order valence-electron chi connectivity index (χ1n) is 10.6. The molecule has 1 aromatic carbocycles. The van der Waals surface area contributed by atoms with Gasteiger partial charge >= 0.3 is 6.18 Å². The number of unbranched alkanes of at least 4 members (excludes halogenated alkanes) is 1. The minimum atomic E-state index is -4.46. The van der Waals surface area contributed by atoms with Crippen LogP contribution in [0, 0.1) is 5.92 Å². The maximum Gasteiger partial charge on any atom is 0.416 e. The van der Waals surface area contributed by atoms with Crippen molar-refractivity contribution in [3.63, 3.8) is 0 Å². The lowest BCUT2D eigenvalue weighted by Gasteiger charge is -2.44. The van der Waals surface area contributed by atoms with Crippen LogP contribution in [0.3, 0.4) is 0 Å². The van der Waals surface area contributed by atoms with Gasteiger partial charge in [0.15, 0.2) is 0 Å². The van der Waals surface area contributed by atoms with Gasteiger partial charge in [-0.3, -0.25) is 14.5 Å². The lowest BCUT2D eigenvalue weighted by atomic mass is 9.95. The summed E-state index contributed by atoms with van der Waals surface area (Å²) in [6.45, 7) is 5.19. The monoisotopic (exact) mass is 442 g/mol. The largest absolute Gasteiger partial charge is 0.416 e. The maximum atomic E-state index is 13.2. The number of alkyl halides is 3. The van der Waals surface area contributed by atoms with Gasteiger partial charge in [0.1, 0.15) is 0 Å². The molecule has 8 heteroatoms. The molecule has 1 aromatic rings. The molecule has 2 aliphatic rings. The average Bonchev–Trinajstić information content (AvgIpc) is 3.04. The Labute approximate surface area is 180 Å². The topological polar surface area (TPSA) is 40.6 Å². The molecule has 2 aliphatic heterocycles. The fourth-order valence-corrected chi connectivity index (χ4v) is 5.74. The van der Waals surface area contributed by atoms with Crippen LogP contribution in [0.25, 0.3) is 0 Å². The van der Waals surface area contributed by atoms with E-state index in [4.69, 9.17) is 0 Å². The second-order valence-corrected chi connectivity index (χ2v) is 9.42. The summed E-state index contributed by atoms with van der Waals surface area (Å²) in [6, 6.07) is 4.99. The van der Waals surface area contributed by atoms with E-state index >= 15 is 0 Å².